The molecule has 56 valence electrons. The van der Waals surface area contributed by atoms with E-state index in [9.17, 15) is 0 Å². The molecule has 0 saturated carbocycles. The van der Waals surface area contributed by atoms with Crippen LogP contribution >= 0.6 is 0 Å². The Kier molecular flexibility index (Phi) is 5.86. The average molecular weight is 134 g/mol. The molecule has 0 aromatic heterocycles. The van der Waals surface area contributed by atoms with Crippen molar-refractivity contribution in [3.63, 3.8) is 0 Å². The molecule has 0 bridgehead atoms. The first-order valence-corrected chi connectivity index (χ1v) is 2.92. The van der Waals surface area contributed by atoms with Gasteiger partial charge in [0.15, 0.2) is 0 Å². The molecular weight excluding hydrogens is 120 g/mol. The number of ether oxygens (including phenoxy) is 1. The molecule has 0 radical (unpaired) electrons. The Bertz CT molecular complexity index is 56.9. The van der Waals surface area contributed by atoms with Gasteiger partial charge in [-0.3, -0.25) is 5.32 Å². The molecule has 0 saturated heterocycles. The lowest BCUT2D eigenvalue weighted by molar-refractivity contribution is 0.0261. The third-order valence-corrected chi connectivity index (χ3v) is 0.967. The molecule has 0 amide bonds. The second-order valence-corrected chi connectivity index (χ2v) is 1.65. The predicted molar refractivity (Wildman–Crippen MR) is 34.9 cm³/mol. The van der Waals surface area contributed by atoms with Crippen molar-refractivity contribution in [1.29, 1.82) is 0 Å². The van der Waals surface area contributed by atoms with Gasteiger partial charge in [0.25, 0.3) is 0 Å². The molecule has 0 spiro atoms. The van der Waals surface area contributed by atoms with Crippen LogP contribution in [0.3, 0.4) is 0 Å². The van der Waals surface area contributed by atoms with Gasteiger partial charge in [-0.1, -0.05) is 0 Å². The second kappa shape index (κ2) is 5.97. The summed E-state index contributed by atoms with van der Waals surface area (Å²) in [7, 11) is 1.53. The summed E-state index contributed by atoms with van der Waals surface area (Å²) in [4.78, 5) is 0. The van der Waals surface area contributed by atoms with Gasteiger partial charge < -0.3 is 15.6 Å². The van der Waals surface area contributed by atoms with Crippen molar-refractivity contribution >= 4 is 0 Å². The summed E-state index contributed by atoms with van der Waals surface area (Å²) in [6.45, 7) is 1.20. The van der Waals surface area contributed by atoms with E-state index in [4.69, 9.17) is 15.6 Å². The van der Waals surface area contributed by atoms with Gasteiger partial charge in [0.2, 0.25) is 0 Å². The first kappa shape index (κ1) is 8.84. The minimum absolute atomic E-state index is 0.0174. The number of aliphatic hydroxyl groups excluding tert-OH is 1. The van der Waals surface area contributed by atoms with Crippen LogP contribution in [0.25, 0.3) is 0 Å². The molecule has 0 heterocycles. The molecule has 1 atom stereocenters. The highest BCUT2D eigenvalue weighted by Gasteiger charge is 2.00. The van der Waals surface area contributed by atoms with E-state index < -0.39 is 0 Å². The number of rotatable bonds is 5. The molecule has 4 nitrogen and oxygen atoms in total. The summed E-state index contributed by atoms with van der Waals surface area (Å²) in [6.07, 6.45) is -0.270. The van der Waals surface area contributed by atoms with Crippen molar-refractivity contribution in [3.05, 3.63) is 0 Å². The van der Waals surface area contributed by atoms with E-state index in [-0.39, 0.29) is 12.8 Å². The molecule has 1 unspecified atom stereocenters. The monoisotopic (exact) mass is 134 g/mol. The Labute approximate surface area is 55.0 Å². The van der Waals surface area contributed by atoms with Gasteiger partial charge in [-0.05, 0) is 0 Å². The second-order valence-electron chi connectivity index (χ2n) is 1.65. The summed E-state index contributed by atoms with van der Waals surface area (Å²) < 4.78 is 4.78. The highest BCUT2D eigenvalue weighted by atomic mass is 16.5. The maximum atomic E-state index is 8.52. The van der Waals surface area contributed by atoms with E-state index in [0.717, 1.165) is 0 Å². The molecule has 0 aliphatic rings. The quantitative estimate of drug-likeness (QED) is 0.400. The van der Waals surface area contributed by atoms with E-state index >= 15 is 0 Å². The number of nitrogens with one attached hydrogen (secondary N) is 1. The standard InChI is InChI=1S/C5H14N2O2/c1-9-5(4-8)7-3-2-6/h5,7-8H,2-4,6H2,1H3. The summed E-state index contributed by atoms with van der Waals surface area (Å²) in [6, 6.07) is 0. The fourth-order valence-corrected chi connectivity index (χ4v) is 0.467. The summed E-state index contributed by atoms with van der Waals surface area (Å²) in [5, 5.41) is 11.4. The largest absolute Gasteiger partial charge is 0.392 e. The third kappa shape index (κ3) is 4.35. The van der Waals surface area contributed by atoms with Crippen molar-refractivity contribution in [2.24, 2.45) is 5.73 Å². The van der Waals surface area contributed by atoms with Crippen LogP contribution in [0.5, 0.6) is 0 Å². The first-order chi connectivity index (χ1) is 4.35. The van der Waals surface area contributed by atoms with Gasteiger partial charge in [0.05, 0.1) is 6.61 Å². The summed E-state index contributed by atoms with van der Waals surface area (Å²) in [5.74, 6) is 0. The van der Waals surface area contributed by atoms with Gasteiger partial charge in [0, 0.05) is 20.2 Å². The molecule has 0 aliphatic carbocycles. The molecule has 4 N–H and O–H groups in total. The predicted octanol–water partition coefficient (Wildman–Crippen LogP) is -1.50. The molecular formula is C5H14N2O2. The van der Waals surface area contributed by atoms with Gasteiger partial charge in [0.1, 0.15) is 6.23 Å². The van der Waals surface area contributed by atoms with Crippen molar-refractivity contribution in [2.45, 2.75) is 6.23 Å². The van der Waals surface area contributed by atoms with Crippen LogP contribution in [0, 0.1) is 0 Å². The van der Waals surface area contributed by atoms with Crippen LogP contribution in [0.4, 0.5) is 0 Å². The zero-order valence-corrected chi connectivity index (χ0v) is 5.63. The molecule has 0 aliphatic heterocycles. The highest BCUT2D eigenvalue weighted by Crippen LogP contribution is 1.78. The maximum Gasteiger partial charge on any atom is 0.131 e. The van der Waals surface area contributed by atoms with Crippen LogP contribution in [-0.4, -0.2) is 38.1 Å². The first-order valence-electron chi connectivity index (χ1n) is 2.92. The Morgan fingerprint density at radius 2 is 2.44 bits per heavy atom. The number of nitrogens with two attached hydrogens (primary N) is 1. The smallest absolute Gasteiger partial charge is 0.131 e. The SMILES string of the molecule is COC(CO)NCCN. The third-order valence-electron chi connectivity index (χ3n) is 0.967. The number of aliphatic hydroxyl groups is 1. The van der Waals surface area contributed by atoms with Crippen LogP contribution in [0.15, 0.2) is 0 Å². The maximum absolute atomic E-state index is 8.52. The molecule has 0 rings (SSSR count). The zero-order valence-electron chi connectivity index (χ0n) is 5.63. The van der Waals surface area contributed by atoms with Crippen LogP contribution < -0.4 is 11.1 Å². The minimum Gasteiger partial charge on any atom is -0.392 e. The topological polar surface area (TPSA) is 67.5 Å². The Balaban J connectivity index is 3.09. The Morgan fingerprint density at radius 3 is 2.78 bits per heavy atom. The zero-order chi connectivity index (χ0) is 7.11. The van der Waals surface area contributed by atoms with E-state index in [1.165, 1.54) is 7.11 Å². The van der Waals surface area contributed by atoms with E-state index in [1.807, 2.05) is 0 Å². The van der Waals surface area contributed by atoms with Crippen LogP contribution in [0.2, 0.25) is 0 Å². The summed E-state index contributed by atoms with van der Waals surface area (Å²) in [5.41, 5.74) is 5.19. The van der Waals surface area contributed by atoms with E-state index in [0.29, 0.717) is 13.1 Å². The fraction of sp³-hybridized carbons (Fsp3) is 1.00. The molecule has 0 fully saturated rings. The van der Waals surface area contributed by atoms with E-state index in [1.54, 1.807) is 0 Å². The number of methoxy groups -OCH3 is 1. The molecule has 4 heteroatoms. The van der Waals surface area contributed by atoms with Crippen molar-refractivity contribution in [1.82, 2.24) is 5.32 Å². The summed E-state index contributed by atoms with van der Waals surface area (Å²) >= 11 is 0. The number of hydrogen-bond donors (Lipinski definition) is 3. The lowest BCUT2D eigenvalue weighted by atomic mass is 10.5. The van der Waals surface area contributed by atoms with Gasteiger partial charge >= 0.3 is 0 Å². The molecule has 0 aromatic carbocycles. The van der Waals surface area contributed by atoms with E-state index in [2.05, 4.69) is 5.32 Å². The highest BCUT2D eigenvalue weighted by molar-refractivity contribution is 4.51. The van der Waals surface area contributed by atoms with Crippen LogP contribution in [0.1, 0.15) is 0 Å². The van der Waals surface area contributed by atoms with Crippen molar-refractivity contribution in [2.75, 3.05) is 26.8 Å². The Morgan fingerprint density at radius 1 is 1.78 bits per heavy atom. The fourth-order valence-electron chi connectivity index (χ4n) is 0.467. The van der Waals surface area contributed by atoms with Gasteiger partial charge in [-0.2, -0.15) is 0 Å². The van der Waals surface area contributed by atoms with Crippen molar-refractivity contribution in [3.8, 4) is 0 Å². The van der Waals surface area contributed by atoms with Gasteiger partial charge in [-0.25, -0.2) is 0 Å². The van der Waals surface area contributed by atoms with Gasteiger partial charge in [-0.15, -0.1) is 0 Å². The average Bonchev–Trinajstić information content (AvgIpc) is 1.91. The molecule has 0 aromatic rings. The minimum atomic E-state index is -0.270. The molecule has 9 heavy (non-hydrogen) atoms. The lowest BCUT2D eigenvalue weighted by Gasteiger charge is -2.12. The van der Waals surface area contributed by atoms with Crippen LogP contribution in [-0.2, 0) is 4.74 Å². The van der Waals surface area contributed by atoms with Crippen molar-refractivity contribution < 1.29 is 9.84 Å². The Hall–Kier alpha value is -0.160. The normalized spacial score (nSPS) is 13.7. The lowest BCUT2D eigenvalue weighted by Crippen LogP contribution is -2.37. The number of hydrogen-bond acceptors (Lipinski definition) is 4.